The molecule has 0 saturated carbocycles. The van der Waals surface area contributed by atoms with Crippen LogP contribution in [0.1, 0.15) is 55.7 Å². The molecule has 0 unspecified atom stereocenters. The van der Waals surface area contributed by atoms with Crippen molar-refractivity contribution >= 4 is 12.0 Å². The van der Waals surface area contributed by atoms with Crippen LogP contribution in [-0.4, -0.2) is 46.7 Å². The Kier molecular flexibility index (Phi) is 6.80. The summed E-state index contributed by atoms with van der Waals surface area (Å²) in [6.07, 6.45) is 3.71. The van der Waals surface area contributed by atoms with E-state index in [2.05, 4.69) is 5.32 Å². The summed E-state index contributed by atoms with van der Waals surface area (Å²) in [7, 11) is 0. The van der Waals surface area contributed by atoms with Crippen LogP contribution in [0.15, 0.2) is 42.6 Å². The molecule has 162 valence electrons. The fourth-order valence-corrected chi connectivity index (χ4v) is 3.66. The highest BCUT2D eigenvalue weighted by atomic mass is 19.1. The van der Waals surface area contributed by atoms with Crippen molar-refractivity contribution in [1.82, 2.24) is 14.8 Å². The highest BCUT2D eigenvalue weighted by Gasteiger charge is 2.28. The molecule has 1 N–H and O–H groups in total. The number of hydrogen-bond donors (Lipinski definition) is 1. The predicted molar refractivity (Wildman–Crippen MR) is 113 cm³/mol. The summed E-state index contributed by atoms with van der Waals surface area (Å²) >= 11 is 0. The molecule has 0 spiro atoms. The number of likely N-dealkylation sites (tertiary alicyclic amines) is 1. The zero-order valence-electron chi connectivity index (χ0n) is 17.9. The van der Waals surface area contributed by atoms with Crippen molar-refractivity contribution in [1.29, 1.82) is 0 Å². The molecule has 1 aromatic carbocycles. The molecular formula is C23H30FN3O3. The number of hydrogen-bond acceptors (Lipinski definition) is 3. The van der Waals surface area contributed by atoms with Gasteiger partial charge in [0, 0.05) is 31.9 Å². The normalized spacial score (nSPS) is 15.1. The minimum Gasteiger partial charge on any atom is -0.444 e. The summed E-state index contributed by atoms with van der Waals surface area (Å²) in [6, 6.07) is 10.2. The van der Waals surface area contributed by atoms with Crippen LogP contribution >= 0.6 is 0 Å². The van der Waals surface area contributed by atoms with Gasteiger partial charge in [-0.2, -0.15) is 0 Å². The largest absolute Gasteiger partial charge is 0.444 e. The van der Waals surface area contributed by atoms with Crippen molar-refractivity contribution in [3.63, 3.8) is 0 Å². The Morgan fingerprint density at radius 3 is 2.57 bits per heavy atom. The van der Waals surface area contributed by atoms with Gasteiger partial charge in [0.25, 0.3) is 5.91 Å². The quantitative estimate of drug-likeness (QED) is 0.797. The minimum atomic E-state index is -0.509. The number of aromatic nitrogens is 1. The average Bonchev–Trinajstić information content (AvgIpc) is 3.17. The van der Waals surface area contributed by atoms with Crippen molar-refractivity contribution in [2.24, 2.45) is 0 Å². The maximum atomic E-state index is 13.3. The van der Waals surface area contributed by atoms with Crippen LogP contribution in [0.3, 0.4) is 0 Å². The molecule has 1 saturated heterocycles. The van der Waals surface area contributed by atoms with Crippen LogP contribution in [-0.2, 0) is 11.2 Å². The standard InChI is InChI=1S/C23H30FN3O3/c1-23(2,3)30-22(29)26-14-10-19(11-15-26)27-13-5-8-20(27)21(28)25-12-9-17-6-4-7-18(24)16-17/h4-8,13,16,19H,9-12,14-15H2,1-3H3,(H,25,28). The van der Waals surface area contributed by atoms with E-state index in [1.807, 2.05) is 43.7 Å². The molecule has 30 heavy (non-hydrogen) atoms. The summed E-state index contributed by atoms with van der Waals surface area (Å²) in [5, 5.41) is 2.92. The molecule has 2 amide bonds. The monoisotopic (exact) mass is 415 g/mol. The highest BCUT2D eigenvalue weighted by molar-refractivity contribution is 5.92. The molecule has 0 aliphatic carbocycles. The van der Waals surface area contributed by atoms with E-state index in [-0.39, 0.29) is 23.9 Å². The van der Waals surface area contributed by atoms with Gasteiger partial charge in [0.2, 0.25) is 0 Å². The van der Waals surface area contributed by atoms with Gasteiger partial charge in [-0.3, -0.25) is 4.79 Å². The Morgan fingerprint density at radius 2 is 1.90 bits per heavy atom. The van der Waals surface area contributed by atoms with E-state index >= 15 is 0 Å². The van der Waals surface area contributed by atoms with E-state index in [9.17, 15) is 14.0 Å². The minimum absolute atomic E-state index is 0.147. The predicted octanol–water partition coefficient (Wildman–Crippen LogP) is 4.17. The molecule has 1 aromatic heterocycles. The molecule has 0 bridgehead atoms. The Hall–Kier alpha value is -2.83. The second-order valence-corrected chi connectivity index (χ2v) is 8.64. The number of benzene rings is 1. The number of carbonyl (C=O) groups is 2. The van der Waals surface area contributed by atoms with Gasteiger partial charge in [0.05, 0.1) is 0 Å². The molecule has 6 nitrogen and oxygen atoms in total. The van der Waals surface area contributed by atoms with Crippen LogP contribution in [0.2, 0.25) is 0 Å². The number of amides is 2. The summed E-state index contributed by atoms with van der Waals surface area (Å²) in [5.74, 6) is -0.420. The van der Waals surface area contributed by atoms with Crippen molar-refractivity contribution in [2.75, 3.05) is 19.6 Å². The van der Waals surface area contributed by atoms with Gasteiger partial charge in [0.1, 0.15) is 17.1 Å². The van der Waals surface area contributed by atoms with E-state index in [0.29, 0.717) is 31.7 Å². The van der Waals surface area contributed by atoms with E-state index in [1.54, 1.807) is 17.0 Å². The van der Waals surface area contributed by atoms with Crippen LogP contribution in [0.4, 0.5) is 9.18 Å². The van der Waals surface area contributed by atoms with Gasteiger partial charge >= 0.3 is 6.09 Å². The summed E-state index contributed by atoms with van der Waals surface area (Å²) in [4.78, 5) is 26.6. The Bertz CT molecular complexity index is 880. The first kappa shape index (κ1) is 21.9. The first-order valence-corrected chi connectivity index (χ1v) is 10.4. The van der Waals surface area contributed by atoms with Gasteiger partial charge in [-0.05, 0) is 69.9 Å². The van der Waals surface area contributed by atoms with E-state index in [4.69, 9.17) is 4.74 Å². The molecular weight excluding hydrogens is 385 g/mol. The lowest BCUT2D eigenvalue weighted by atomic mass is 10.0. The molecule has 7 heteroatoms. The van der Waals surface area contributed by atoms with E-state index in [0.717, 1.165) is 18.4 Å². The summed E-state index contributed by atoms with van der Waals surface area (Å²) in [5.41, 5.74) is 0.940. The lowest BCUT2D eigenvalue weighted by Crippen LogP contribution is -2.42. The van der Waals surface area contributed by atoms with Crippen molar-refractivity contribution in [3.05, 3.63) is 59.7 Å². The van der Waals surface area contributed by atoms with Crippen molar-refractivity contribution in [2.45, 2.75) is 51.7 Å². The fraction of sp³-hybridized carbons (Fsp3) is 0.478. The maximum absolute atomic E-state index is 13.3. The SMILES string of the molecule is CC(C)(C)OC(=O)N1CCC(n2cccc2C(=O)NCCc2cccc(F)c2)CC1. The fourth-order valence-electron chi connectivity index (χ4n) is 3.66. The van der Waals surface area contributed by atoms with Crippen LogP contribution in [0, 0.1) is 5.82 Å². The zero-order chi connectivity index (χ0) is 21.7. The van der Waals surface area contributed by atoms with Crippen LogP contribution in [0.25, 0.3) is 0 Å². The molecule has 1 aliphatic heterocycles. The van der Waals surface area contributed by atoms with Crippen molar-refractivity contribution in [3.8, 4) is 0 Å². The third-order valence-corrected chi connectivity index (χ3v) is 5.11. The lowest BCUT2D eigenvalue weighted by molar-refractivity contribution is 0.0187. The van der Waals surface area contributed by atoms with Gasteiger partial charge in [-0.25, -0.2) is 9.18 Å². The summed E-state index contributed by atoms with van der Waals surface area (Å²) < 4.78 is 20.7. The lowest BCUT2D eigenvalue weighted by Gasteiger charge is -2.34. The van der Waals surface area contributed by atoms with Gasteiger partial charge in [0.15, 0.2) is 0 Å². The van der Waals surface area contributed by atoms with Crippen LogP contribution in [0.5, 0.6) is 0 Å². The number of ether oxygens (including phenoxy) is 1. The average molecular weight is 416 g/mol. The second-order valence-electron chi connectivity index (χ2n) is 8.64. The number of carbonyl (C=O) groups excluding carboxylic acids is 2. The molecule has 1 fully saturated rings. The Labute approximate surface area is 177 Å². The van der Waals surface area contributed by atoms with Gasteiger partial charge in [-0.15, -0.1) is 0 Å². The third-order valence-electron chi connectivity index (χ3n) is 5.11. The van der Waals surface area contributed by atoms with Gasteiger partial charge < -0.3 is 19.5 Å². The number of nitrogens with one attached hydrogen (secondary N) is 1. The highest BCUT2D eigenvalue weighted by Crippen LogP contribution is 2.25. The number of rotatable bonds is 5. The second kappa shape index (κ2) is 9.32. The van der Waals surface area contributed by atoms with Crippen molar-refractivity contribution < 1.29 is 18.7 Å². The Morgan fingerprint density at radius 1 is 1.17 bits per heavy atom. The molecule has 0 radical (unpaired) electrons. The van der Waals surface area contributed by atoms with E-state index in [1.165, 1.54) is 12.1 Å². The van der Waals surface area contributed by atoms with Crippen LogP contribution < -0.4 is 5.32 Å². The topological polar surface area (TPSA) is 63.6 Å². The number of halogens is 1. The molecule has 3 rings (SSSR count). The number of piperidine rings is 1. The molecule has 2 aromatic rings. The maximum Gasteiger partial charge on any atom is 0.410 e. The number of nitrogens with zero attached hydrogens (tertiary/aromatic N) is 2. The summed E-state index contributed by atoms with van der Waals surface area (Å²) in [6.45, 7) is 7.20. The zero-order valence-corrected chi connectivity index (χ0v) is 17.9. The molecule has 0 atom stereocenters. The van der Waals surface area contributed by atoms with Gasteiger partial charge in [-0.1, -0.05) is 12.1 Å². The Balaban J connectivity index is 1.52. The smallest absolute Gasteiger partial charge is 0.410 e. The molecule has 1 aliphatic rings. The van der Waals surface area contributed by atoms with E-state index < -0.39 is 5.60 Å². The first-order valence-electron chi connectivity index (χ1n) is 10.4. The first-order chi connectivity index (χ1) is 14.2. The molecule has 2 heterocycles. The third kappa shape index (κ3) is 5.84.